The Labute approximate surface area is 187 Å². The fraction of sp³-hybridized carbons (Fsp3) is 0.750. The maximum Gasteiger partial charge on any atom is 0.306 e. The highest BCUT2D eigenvalue weighted by molar-refractivity contribution is 5.70. The van der Waals surface area contributed by atoms with Crippen molar-refractivity contribution in [2.24, 2.45) is 23.7 Å². The first-order valence-corrected chi connectivity index (χ1v) is 11.5. The summed E-state index contributed by atoms with van der Waals surface area (Å²) in [5, 5.41) is 18.3. The van der Waals surface area contributed by atoms with Crippen LogP contribution in [0.3, 0.4) is 0 Å². The quantitative estimate of drug-likeness (QED) is 0.622. The van der Waals surface area contributed by atoms with Gasteiger partial charge < -0.3 is 29.2 Å². The topological polar surface area (TPSA) is 112 Å². The summed E-state index contributed by atoms with van der Waals surface area (Å²) in [6.07, 6.45) is 4.08. The Balaban J connectivity index is 1.33. The Morgan fingerprint density at radius 3 is 1.28 bits per heavy atom. The molecule has 2 aliphatic heterocycles. The fourth-order valence-corrected chi connectivity index (χ4v) is 4.90. The smallest absolute Gasteiger partial charge is 0.306 e. The second kappa shape index (κ2) is 10.7. The van der Waals surface area contributed by atoms with Crippen molar-refractivity contribution in [1.29, 1.82) is 0 Å². The number of ether oxygens (including phenoxy) is 4. The van der Waals surface area contributed by atoms with Crippen LogP contribution < -0.4 is 0 Å². The molecular weight excluding hydrogens is 416 g/mol. The SMILES string of the molecule is O=C(O)C1CCC(C#CC2OCOC3C(C#CC4CCC(C(=O)O)CC4)OCOC23)CC1. The van der Waals surface area contributed by atoms with Crippen molar-refractivity contribution in [3.8, 4) is 23.7 Å². The van der Waals surface area contributed by atoms with Crippen molar-refractivity contribution in [2.75, 3.05) is 13.6 Å². The lowest BCUT2D eigenvalue weighted by Crippen LogP contribution is -2.56. The lowest BCUT2D eigenvalue weighted by molar-refractivity contribution is -0.303. The fourth-order valence-electron chi connectivity index (χ4n) is 4.90. The maximum atomic E-state index is 11.1. The van der Waals surface area contributed by atoms with Gasteiger partial charge >= 0.3 is 11.9 Å². The van der Waals surface area contributed by atoms with Gasteiger partial charge in [-0.05, 0) is 51.4 Å². The largest absolute Gasteiger partial charge is 0.481 e. The summed E-state index contributed by atoms with van der Waals surface area (Å²) in [4.78, 5) is 22.2. The van der Waals surface area contributed by atoms with Gasteiger partial charge in [-0.3, -0.25) is 9.59 Å². The Morgan fingerprint density at radius 2 is 0.938 bits per heavy atom. The molecular formula is C24H30O8. The highest BCUT2D eigenvalue weighted by Crippen LogP contribution is 2.31. The third-order valence-corrected chi connectivity index (χ3v) is 6.95. The molecule has 0 bridgehead atoms. The molecule has 4 rings (SSSR count). The third kappa shape index (κ3) is 5.63. The number of fused-ring (bicyclic) bond motifs is 1. The predicted molar refractivity (Wildman–Crippen MR) is 111 cm³/mol. The predicted octanol–water partition coefficient (Wildman–Crippen LogP) is 2.26. The summed E-state index contributed by atoms with van der Waals surface area (Å²) in [6, 6.07) is 0. The van der Waals surface area contributed by atoms with Crippen LogP contribution in [0.1, 0.15) is 51.4 Å². The van der Waals surface area contributed by atoms with Crippen LogP contribution in [0.2, 0.25) is 0 Å². The molecule has 8 nitrogen and oxygen atoms in total. The molecule has 4 unspecified atom stereocenters. The van der Waals surface area contributed by atoms with Gasteiger partial charge in [0.15, 0.2) is 0 Å². The number of carboxylic acids is 2. The molecule has 174 valence electrons. The standard InChI is InChI=1S/C24H30O8/c25-23(26)17-7-1-15(2-8-17)5-11-19-21-22(32-13-29-19)20(30-14-31-21)12-6-16-3-9-18(10-4-16)24(27)28/h15-22H,1-4,7-10,13-14H2,(H,25,26)(H,27,28). The van der Waals surface area contributed by atoms with Crippen molar-refractivity contribution >= 4 is 11.9 Å². The lowest BCUT2D eigenvalue weighted by Gasteiger charge is -2.41. The molecule has 2 saturated heterocycles. The van der Waals surface area contributed by atoms with E-state index in [0.717, 1.165) is 25.7 Å². The zero-order valence-electron chi connectivity index (χ0n) is 18.0. The lowest BCUT2D eigenvalue weighted by atomic mass is 9.82. The zero-order valence-corrected chi connectivity index (χ0v) is 18.0. The Kier molecular flexibility index (Phi) is 7.70. The number of rotatable bonds is 2. The minimum absolute atomic E-state index is 0.0842. The Morgan fingerprint density at radius 1 is 0.562 bits per heavy atom. The van der Waals surface area contributed by atoms with Crippen molar-refractivity contribution in [3.05, 3.63) is 0 Å². The molecule has 0 radical (unpaired) electrons. The van der Waals surface area contributed by atoms with E-state index in [-0.39, 0.29) is 37.3 Å². The van der Waals surface area contributed by atoms with Gasteiger partial charge in [-0.25, -0.2) is 0 Å². The number of hydrogen-bond acceptors (Lipinski definition) is 6. The van der Waals surface area contributed by atoms with Gasteiger partial charge in [-0.15, -0.1) is 0 Å². The van der Waals surface area contributed by atoms with E-state index in [1.165, 1.54) is 0 Å². The molecule has 0 aromatic carbocycles. The second-order valence-corrected chi connectivity index (χ2v) is 9.02. The molecule has 0 spiro atoms. The van der Waals surface area contributed by atoms with E-state index in [0.29, 0.717) is 25.7 Å². The maximum absolute atomic E-state index is 11.1. The molecule has 2 aliphatic carbocycles. The van der Waals surface area contributed by atoms with Crippen LogP contribution >= 0.6 is 0 Å². The Bertz CT molecular complexity index is 733. The van der Waals surface area contributed by atoms with Gasteiger partial charge in [-0.2, -0.15) is 0 Å². The van der Waals surface area contributed by atoms with E-state index in [1.807, 2.05) is 0 Å². The van der Waals surface area contributed by atoms with Gasteiger partial charge in [-0.1, -0.05) is 23.7 Å². The third-order valence-electron chi connectivity index (χ3n) is 6.95. The van der Waals surface area contributed by atoms with Gasteiger partial charge in [0.25, 0.3) is 0 Å². The van der Waals surface area contributed by atoms with Crippen LogP contribution in [0.25, 0.3) is 0 Å². The molecule has 32 heavy (non-hydrogen) atoms. The first-order valence-electron chi connectivity index (χ1n) is 11.5. The highest BCUT2D eigenvalue weighted by atomic mass is 16.8. The van der Waals surface area contributed by atoms with E-state index >= 15 is 0 Å². The number of carbonyl (C=O) groups is 2. The number of hydrogen-bond donors (Lipinski definition) is 2. The van der Waals surface area contributed by atoms with Crippen LogP contribution in [-0.2, 0) is 28.5 Å². The molecule has 2 saturated carbocycles. The van der Waals surface area contributed by atoms with E-state index in [4.69, 9.17) is 29.2 Å². The average molecular weight is 446 g/mol. The molecule has 4 atom stereocenters. The minimum Gasteiger partial charge on any atom is -0.481 e. The van der Waals surface area contributed by atoms with Crippen LogP contribution in [0.4, 0.5) is 0 Å². The normalized spacial score (nSPS) is 39.4. The second-order valence-electron chi connectivity index (χ2n) is 9.02. The molecule has 4 aliphatic rings. The van der Waals surface area contributed by atoms with E-state index in [9.17, 15) is 9.59 Å². The van der Waals surface area contributed by atoms with Gasteiger partial charge in [0.2, 0.25) is 0 Å². The van der Waals surface area contributed by atoms with Crippen LogP contribution in [-0.4, -0.2) is 60.2 Å². The monoisotopic (exact) mass is 446 g/mol. The van der Waals surface area contributed by atoms with Crippen LogP contribution in [0.15, 0.2) is 0 Å². The minimum atomic E-state index is -0.718. The molecule has 8 heteroatoms. The Hall–Kier alpha value is -2.10. The summed E-state index contributed by atoms with van der Waals surface area (Å²) < 4.78 is 22.9. The molecule has 0 aromatic rings. The van der Waals surface area contributed by atoms with Crippen molar-refractivity contribution < 1.29 is 38.7 Å². The van der Waals surface area contributed by atoms with Crippen LogP contribution in [0, 0.1) is 47.4 Å². The molecule has 0 amide bonds. The summed E-state index contributed by atoms with van der Waals surface area (Å²) in [6.45, 7) is 0.168. The van der Waals surface area contributed by atoms with E-state index in [1.54, 1.807) is 0 Å². The zero-order chi connectivity index (χ0) is 22.5. The average Bonchev–Trinajstić information content (AvgIpc) is 2.81. The van der Waals surface area contributed by atoms with Gasteiger partial charge in [0.1, 0.15) is 38.0 Å². The van der Waals surface area contributed by atoms with Crippen molar-refractivity contribution in [2.45, 2.75) is 75.8 Å². The molecule has 2 N–H and O–H groups in total. The summed E-state index contributed by atoms with van der Waals surface area (Å²) >= 11 is 0. The molecule has 0 aromatic heterocycles. The van der Waals surface area contributed by atoms with Gasteiger partial charge in [0, 0.05) is 11.8 Å². The molecule has 2 heterocycles. The van der Waals surface area contributed by atoms with Crippen LogP contribution in [0.5, 0.6) is 0 Å². The number of aliphatic carboxylic acids is 2. The van der Waals surface area contributed by atoms with E-state index in [2.05, 4.69) is 23.7 Å². The first kappa shape index (κ1) is 23.1. The van der Waals surface area contributed by atoms with Gasteiger partial charge in [0.05, 0.1) is 11.8 Å². The van der Waals surface area contributed by atoms with Crippen molar-refractivity contribution in [1.82, 2.24) is 0 Å². The summed E-state index contributed by atoms with van der Waals surface area (Å²) in [5.74, 6) is 11.3. The number of carboxylic acid groups (broad SMARTS) is 2. The summed E-state index contributed by atoms with van der Waals surface area (Å²) in [5.41, 5.74) is 0. The highest BCUT2D eigenvalue weighted by Gasteiger charge is 2.43. The summed E-state index contributed by atoms with van der Waals surface area (Å²) in [7, 11) is 0. The first-order chi connectivity index (χ1) is 15.5. The van der Waals surface area contributed by atoms with E-state index < -0.39 is 36.4 Å². The van der Waals surface area contributed by atoms with Crippen molar-refractivity contribution in [3.63, 3.8) is 0 Å². The molecule has 4 fully saturated rings.